The summed E-state index contributed by atoms with van der Waals surface area (Å²) in [6, 6.07) is 12.7. The first-order valence-electron chi connectivity index (χ1n) is 13.1. The van der Waals surface area contributed by atoms with Crippen LogP contribution in [0.2, 0.25) is 0 Å². The third-order valence-electron chi connectivity index (χ3n) is 5.60. The third kappa shape index (κ3) is 11.2. The number of aliphatic imine (C=N–C) groups is 1. The maximum absolute atomic E-state index is 13.5. The smallest absolute Gasteiger partial charge is 0.270 e. The van der Waals surface area contributed by atoms with Gasteiger partial charge in [-0.15, -0.1) is 0 Å². The van der Waals surface area contributed by atoms with E-state index in [1.807, 2.05) is 40.7 Å². The lowest BCUT2D eigenvalue weighted by atomic mass is 9.99. The van der Waals surface area contributed by atoms with Gasteiger partial charge in [-0.2, -0.15) is 0 Å². The molecule has 2 nitrogen and oxygen atoms in total. The largest absolute Gasteiger partial charge is 0.303 e. The van der Waals surface area contributed by atoms with Gasteiger partial charge >= 0.3 is 0 Å². The highest BCUT2D eigenvalue weighted by molar-refractivity contribution is 5.99. The lowest BCUT2D eigenvalue weighted by Crippen LogP contribution is -2.07. The zero-order chi connectivity index (χ0) is 27.7. The second kappa shape index (κ2) is 17.5. The molecule has 0 bridgehead atoms. The highest BCUT2D eigenvalue weighted by Gasteiger charge is 2.23. The fraction of sp³-hybridized carbons (Fsp3) is 0.438. The van der Waals surface area contributed by atoms with Crippen LogP contribution in [0, 0.1) is 6.92 Å². The van der Waals surface area contributed by atoms with Crippen molar-refractivity contribution in [1.29, 1.82) is 0 Å². The van der Waals surface area contributed by atoms with Crippen LogP contribution in [0.25, 0.3) is 6.08 Å². The predicted molar refractivity (Wildman–Crippen MR) is 153 cm³/mol. The molecule has 0 radical (unpaired) electrons. The van der Waals surface area contributed by atoms with Crippen LogP contribution in [0.4, 0.5) is 8.78 Å². The van der Waals surface area contributed by atoms with E-state index < -0.39 is 5.92 Å². The van der Waals surface area contributed by atoms with Gasteiger partial charge in [0, 0.05) is 36.7 Å². The van der Waals surface area contributed by atoms with Crippen LogP contribution in [0.15, 0.2) is 64.8 Å². The molecule has 0 amide bonds. The molecule has 0 atom stereocenters. The van der Waals surface area contributed by atoms with Gasteiger partial charge in [0.15, 0.2) is 0 Å². The van der Waals surface area contributed by atoms with E-state index in [0.29, 0.717) is 12.8 Å². The van der Waals surface area contributed by atoms with E-state index >= 15 is 0 Å². The Morgan fingerprint density at radius 3 is 2.11 bits per heavy atom. The number of aldehydes is 1. The summed E-state index contributed by atoms with van der Waals surface area (Å²) in [5.41, 5.74) is 7.32. The Hall–Kier alpha value is -2.88. The molecule has 36 heavy (non-hydrogen) atoms. The third-order valence-corrected chi connectivity index (χ3v) is 5.60. The number of carbonyl (C=O) groups excluding carboxylic acids is 1. The Balaban J connectivity index is 0.00000291. The average Bonchev–Trinajstić information content (AvgIpc) is 2.89. The lowest BCUT2D eigenvalue weighted by Gasteiger charge is -2.13. The van der Waals surface area contributed by atoms with Crippen molar-refractivity contribution in [2.45, 2.75) is 93.9 Å². The number of unbranched alkanes of at least 4 members (excludes halogenated alkanes) is 1. The van der Waals surface area contributed by atoms with Gasteiger partial charge in [-0.05, 0) is 55.9 Å². The number of alkyl halides is 2. The number of hydrogen-bond acceptors (Lipinski definition) is 2. The molecule has 0 spiro atoms. The van der Waals surface area contributed by atoms with Crippen molar-refractivity contribution >= 4 is 18.1 Å². The molecule has 0 saturated carbocycles. The maximum Gasteiger partial charge on any atom is 0.270 e. The van der Waals surface area contributed by atoms with Crippen molar-refractivity contribution in [1.82, 2.24) is 0 Å². The van der Waals surface area contributed by atoms with E-state index in [9.17, 15) is 13.6 Å². The molecular formula is C32H45F2NO. The summed E-state index contributed by atoms with van der Waals surface area (Å²) < 4.78 is 27.0. The van der Waals surface area contributed by atoms with E-state index in [0.717, 1.165) is 54.2 Å². The molecular weight excluding hydrogens is 452 g/mol. The highest BCUT2D eigenvalue weighted by atomic mass is 19.3. The number of aryl methyl sites for hydroxylation is 1. The Morgan fingerprint density at radius 2 is 1.58 bits per heavy atom. The minimum atomic E-state index is -2.85. The Morgan fingerprint density at radius 1 is 0.972 bits per heavy atom. The summed E-state index contributed by atoms with van der Waals surface area (Å²) in [4.78, 5) is 15.4. The van der Waals surface area contributed by atoms with E-state index in [1.165, 1.54) is 23.3 Å². The fourth-order valence-corrected chi connectivity index (χ4v) is 3.31. The Kier molecular flexibility index (Phi) is 16.1. The summed E-state index contributed by atoms with van der Waals surface area (Å²) in [5.74, 6) is -2.85. The first-order chi connectivity index (χ1) is 17.2. The molecule has 0 saturated heterocycles. The standard InChI is InChI=1S/C28H33F2NO.2C2H6/c1-6-20(2)27(31-22(4)24-13-15-26(16-14-24)28(5,29)30)19-23-12-11-21(3)25(18-23)10-8-7-9-17-32;2*1-2/h8,10-18H,6-7,9,19H2,1-5H3;2*1-2H3/b10-8-,27-20+,31-22?;;. The molecule has 0 aliphatic rings. The van der Waals surface area contributed by atoms with Crippen LogP contribution in [0.1, 0.15) is 102 Å². The molecule has 4 heteroatoms. The monoisotopic (exact) mass is 497 g/mol. The molecule has 0 aliphatic carbocycles. The van der Waals surface area contributed by atoms with Crippen LogP contribution in [0.3, 0.4) is 0 Å². The second-order valence-electron chi connectivity index (χ2n) is 8.26. The molecule has 2 aromatic rings. The van der Waals surface area contributed by atoms with Crippen LogP contribution in [-0.4, -0.2) is 12.0 Å². The quantitative estimate of drug-likeness (QED) is 0.182. The maximum atomic E-state index is 13.5. The Bertz CT molecular complexity index is 1010. The van der Waals surface area contributed by atoms with Crippen molar-refractivity contribution in [3.63, 3.8) is 0 Å². The minimum absolute atomic E-state index is 0.00272. The summed E-state index contributed by atoms with van der Waals surface area (Å²) in [7, 11) is 0. The highest BCUT2D eigenvalue weighted by Crippen LogP contribution is 2.27. The molecule has 0 fully saturated rings. The van der Waals surface area contributed by atoms with E-state index in [4.69, 9.17) is 4.99 Å². The van der Waals surface area contributed by atoms with Gasteiger partial charge in [-0.25, -0.2) is 8.78 Å². The SMILES string of the molecule is CC.CC.CC/C(C)=C(\Cc1ccc(C)c(/C=C\CCC=O)c1)N=C(C)c1ccc(C(C)(F)F)cc1. The minimum Gasteiger partial charge on any atom is -0.303 e. The van der Waals surface area contributed by atoms with Gasteiger partial charge in [0.25, 0.3) is 5.92 Å². The topological polar surface area (TPSA) is 29.4 Å². The molecule has 2 rings (SSSR count). The number of rotatable bonds is 10. The lowest BCUT2D eigenvalue weighted by molar-refractivity contribution is -0.107. The average molecular weight is 498 g/mol. The fourth-order valence-electron chi connectivity index (χ4n) is 3.31. The first kappa shape index (κ1) is 33.1. The van der Waals surface area contributed by atoms with E-state index in [1.54, 1.807) is 12.1 Å². The number of benzene rings is 2. The van der Waals surface area contributed by atoms with Gasteiger partial charge in [0.1, 0.15) is 6.29 Å². The zero-order valence-corrected chi connectivity index (χ0v) is 23.7. The molecule has 0 N–H and O–H groups in total. The van der Waals surface area contributed by atoms with Crippen molar-refractivity contribution in [3.8, 4) is 0 Å². The molecule has 198 valence electrons. The summed E-state index contributed by atoms with van der Waals surface area (Å²) >= 11 is 0. The van der Waals surface area contributed by atoms with E-state index in [2.05, 4.69) is 45.0 Å². The Labute approximate surface area is 218 Å². The number of nitrogens with zero attached hydrogens (tertiary/aromatic N) is 1. The van der Waals surface area contributed by atoms with Gasteiger partial charge in [0.2, 0.25) is 0 Å². The van der Waals surface area contributed by atoms with Crippen LogP contribution in [0.5, 0.6) is 0 Å². The molecule has 0 aliphatic heterocycles. The molecule has 2 aromatic carbocycles. The van der Waals surface area contributed by atoms with Crippen molar-refractivity contribution in [3.05, 3.63) is 87.6 Å². The number of carbonyl (C=O) groups is 1. The molecule has 0 aromatic heterocycles. The van der Waals surface area contributed by atoms with Crippen LogP contribution < -0.4 is 0 Å². The first-order valence-corrected chi connectivity index (χ1v) is 13.1. The van der Waals surface area contributed by atoms with Crippen molar-refractivity contribution in [2.75, 3.05) is 0 Å². The van der Waals surface area contributed by atoms with E-state index in [-0.39, 0.29) is 5.56 Å². The van der Waals surface area contributed by atoms with Gasteiger partial charge in [0.05, 0.1) is 0 Å². The van der Waals surface area contributed by atoms with Crippen LogP contribution >= 0.6 is 0 Å². The summed E-state index contributed by atoms with van der Waals surface area (Å²) in [6.07, 6.45) is 7.87. The zero-order valence-electron chi connectivity index (χ0n) is 23.7. The number of allylic oxidation sites excluding steroid dienone is 3. The molecule has 0 heterocycles. The van der Waals surface area contributed by atoms with Gasteiger partial charge in [-0.1, -0.05) is 94.8 Å². The van der Waals surface area contributed by atoms with Gasteiger partial charge in [-0.3, -0.25) is 4.99 Å². The number of halogens is 2. The van der Waals surface area contributed by atoms with Crippen LogP contribution in [-0.2, 0) is 17.1 Å². The van der Waals surface area contributed by atoms with Gasteiger partial charge < -0.3 is 4.79 Å². The van der Waals surface area contributed by atoms with Crippen molar-refractivity contribution in [2.24, 2.45) is 4.99 Å². The molecule has 0 unspecified atom stereocenters. The normalized spacial score (nSPS) is 12.2. The number of hydrogen-bond donors (Lipinski definition) is 0. The summed E-state index contributed by atoms with van der Waals surface area (Å²) in [6.45, 7) is 17.1. The predicted octanol–water partition coefficient (Wildman–Crippen LogP) is 9.89. The summed E-state index contributed by atoms with van der Waals surface area (Å²) in [5, 5.41) is 0. The second-order valence-corrected chi connectivity index (χ2v) is 8.26. The van der Waals surface area contributed by atoms with Crippen molar-refractivity contribution < 1.29 is 13.6 Å².